The van der Waals surface area contributed by atoms with Gasteiger partial charge in [0, 0.05) is 51.4 Å². The number of carbonyl (C=O) groups is 1. The molecule has 2 fully saturated rings. The summed E-state index contributed by atoms with van der Waals surface area (Å²) >= 11 is 1.71. The highest BCUT2D eigenvalue weighted by Crippen LogP contribution is 2.21. The van der Waals surface area contributed by atoms with Crippen molar-refractivity contribution in [2.24, 2.45) is 0 Å². The first kappa shape index (κ1) is 20.5. The molecule has 4 rings (SSSR count). The van der Waals surface area contributed by atoms with Gasteiger partial charge in [-0.1, -0.05) is 6.42 Å². The van der Waals surface area contributed by atoms with Crippen LogP contribution in [0.25, 0.3) is 0 Å². The molecule has 6 nitrogen and oxygen atoms in total. The maximum absolute atomic E-state index is 12.8. The van der Waals surface area contributed by atoms with Gasteiger partial charge in [-0.05, 0) is 59.5 Å². The lowest BCUT2D eigenvalue weighted by atomic mass is 10.1. The molecule has 1 amide bonds. The zero-order valence-electron chi connectivity index (χ0n) is 16.5. The van der Waals surface area contributed by atoms with E-state index in [9.17, 15) is 13.2 Å². The molecule has 0 atom stereocenters. The van der Waals surface area contributed by atoms with Gasteiger partial charge in [0.2, 0.25) is 10.0 Å². The maximum Gasteiger partial charge on any atom is 0.253 e. The molecule has 156 valence electrons. The Bertz CT molecular complexity index is 913. The Balaban J connectivity index is 1.36. The fourth-order valence-electron chi connectivity index (χ4n) is 3.96. The molecule has 3 heterocycles. The highest BCUT2D eigenvalue weighted by atomic mass is 32.2. The van der Waals surface area contributed by atoms with Crippen molar-refractivity contribution in [1.82, 2.24) is 14.1 Å². The summed E-state index contributed by atoms with van der Waals surface area (Å²) in [5.41, 5.74) is 1.87. The van der Waals surface area contributed by atoms with Gasteiger partial charge in [0.1, 0.15) is 0 Å². The van der Waals surface area contributed by atoms with Crippen molar-refractivity contribution in [3.8, 4) is 0 Å². The van der Waals surface area contributed by atoms with Crippen LogP contribution in [0.2, 0.25) is 0 Å². The number of benzene rings is 1. The molecular formula is C21H27N3O3S2. The molecule has 0 spiro atoms. The summed E-state index contributed by atoms with van der Waals surface area (Å²) in [6, 6.07) is 8.59. The van der Waals surface area contributed by atoms with E-state index < -0.39 is 10.0 Å². The Labute approximate surface area is 176 Å². The minimum Gasteiger partial charge on any atom is -0.336 e. The van der Waals surface area contributed by atoms with Crippen molar-refractivity contribution < 1.29 is 13.2 Å². The number of thiophene rings is 1. The lowest BCUT2D eigenvalue weighted by Gasteiger charge is -2.34. The number of rotatable bonds is 5. The highest BCUT2D eigenvalue weighted by Gasteiger charge is 2.27. The molecule has 0 aliphatic carbocycles. The molecule has 1 aromatic carbocycles. The predicted molar refractivity (Wildman–Crippen MR) is 115 cm³/mol. The van der Waals surface area contributed by atoms with Crippen molar-refractivity contribution >= 4 is 27.3 Å². The van der Waals surface area contributed by atoms with Crippen LogP contribution in [0.3, 0.4) is 0 Å². The lowest BCUT2D eigenvalue weighted by Crippen LogP contribution is -2.48. The van der Waals surface area contributed by atoms with Crippen molar-refractivity contribution in [3.05, 3.63) is 52.2 Å². The van der Waals surface area contributed by atoms with E-state index in [2.05, 4.69) is 21.7 Å². The van der Waals surface area contributed by atoms with Crippen molar-refractivity contribution in [3.63, 3.8) is 0 Å². The van der Waals surface area contributed by atoms with Crippen LogP contribution in [0.4, 0.5) is 0 Å². The zero-order valence-corrected chi connectivity index (χ0v) is 18.1. The van der Waals surface area contributed by atoms with Gasteiger partial charge in [0.15, 0.2) is 0 Å². The number of hydrogen-bond acceptors (Lipinski definition) is 5. The van der Waals surface area contributed by atoms with E-state index in [4.69, 9.17) is 0 Å². The summed E-state index contributed by atoms with van der Waals surface area (Å²) in [5, 5.41) is 4.25. The largest absolute Gasteiger partial charge is 0.336 e. The predicted octanol–water partition coefficient (Wildman–Crippen LogP) is 2.88. The van der Waals surface area contributed by atoms with Gasteiger partial charge in [-0.15, -0.1) is 0 Å². The van der Waals surface area contributed by atoms with Crippen LogP contribution in [0, 0.1) is 0 Å². The summed E-state index contributed by atoms with van der Waals surface area (Å²) < 4.78 is 27.1. The summed E-state index contributed by atoms with van der Waals surface area (Å²) in [4.78, 5) is 17.3. The Hall–Kier alpha value is -1.74. The zero-order chi connectivity index (χ0) is 20.3. The number of hydrogen-bond donors (Lipinski definition) is 0. The molecule has 2 aromatic rings. The topological polar surface area (TPSA) is 60.9 Å². The first-order valence-electron chi connectivity index (χ1n) is 10.2. The molecule has 2 saturated heterocycles. The minimum atomic E-state index is -3.46. The highest BCUT2D eigenvalue weighted by molar-refractivity contribution is 7.89. The van der Waals surface area contributed by atoms with Gasteiger partial charge in [-0.2, -0.15) is 15.6 Å². The molecule has 2 aliphatic heterocycles. The molecule has 0 radical (unpaired) electrons. The molecule has 8 heteroatoms. The Morgan fingerprint density at radius 3 is 2.21 bits per heavy atom. The second-order valence-corrected chi connectivity index (χ2v) is 10.4. The second kappa shape index (κ2) is 8.95. The Kier molecular flexibility index (Phi) is 6.34. The number of sulfonamides is 1. The maximum atomic E-state index is 12.8. The van der Waals surface area contributed by atoms with Crippen LogP contribution in [-0.4, -0.2) is 67.7 Å². The molecule has 29 heavy (non-hydrogen) atoms. The van der Waals surface area contributed by atoms with E-state index in [0.29, 0.717) is 31.7 Å². The normalized spacial score (nSPS) is 19.4. The lowest BCUT2D eigenvalue weighted by molar-refractivity contribution is 0.0628. The van der Waals surface area contributed by atoms with Crippen LogP contribution >= 0.6 is 11.3 Å². The summed E-state index contributed by atoms with van der Waals surface area (Å²) in [6.45, 7) is 5.17. The van der Waals surface area contributed by atoms with Crippen LogP contribution in [0.15, 0.2) is 46.0 Å². The second-order valence-electron chi connectivity index (χ2n) is 7.69. The number of piperidine rings is 1. The van der Waals surface area contributed by atoms with Gasteiger partial charge in [-0.25, -0.2) is 8.42 Å². The average molecular weight is 434 g/mol. The van der Waals surface area contributed by atoms with Crippen LogP contribution in [0.5, 0.6) is 0 Å². The van der Waals surface area contributed by atoms with Gasteiger partial charge in [-0.3, -0.25) is 9.69 Å². The third kappa shape index (κ3) is 4.71. The molecule has 0 saturated carbocycles. The quantitative estimate of drug-likeness (QED) is 0.728. The van der Waals surface area contributed by atoms with Gasteiger partial charge in [0.05, 0.1) is 4.90 Å². The Morgan fingerprint density at radius 2 is 1.59 bits per heavy atom. The third-order valence-electron chi connectivity index (χ3n) is 5.70. The van der Waals surface area contributed by atoms with Crippen molar-refractivity contribution in [2.45, 2.75) is 30.7 Å². The van der Waals surface area contributed by atoms with E-state index in [1.807, 2.05) is 4.90 Å². The van der Waals surface area contributed by atoms with Gasteiger partial charge >= 0.3 is 0 Å². The summed E-state index contributed by atoms with van der Waals surface area (Å²) in [5.74, 6) is -0.0258. The third-order valence-corrected chi connectivity index (χ3v) is 8.34. The average Bonchev–Trinajstić information content (AvgIpc) is 3.27. The molecule has 1 aromatic heterocycles. The van der Waals surface area contributed by atoms with Crippen LogP contribution in [0.1, 0.15) is 35.2 Å². The van der Waals surface area contributed by atoms with E-state index in [-0.39, 0.29) is 10.8 Å². The van der Waals surface area contributed by atoms with Gasteiger partial charge < -0.3 is 4.90 Å². The first-order chi connectivity index (χ1) is 14.0. The number of piperazine rings is 1. The SMILES string of the molecule is O=C(c1ccc(S(=O)(=O)N2CCCCC2)cc1)N1CCN(Cc2ccsc2)CC1. The minimum absolute atomic E-state index is 0.0258. The number of nitrogens with zero attached hydrogens (tertiary/aromatic N) is 3. The number of amides is 1. The Morgan fingerprint density at radius 1 is 0.897 bits per heavy atom. The van der Waals surface area contributed by atoms with Crippen molar-refractivity contribution in [2.75, 3.05) is 39.3 Å². The van der Waals surface area contributed by atoms with Gasteiger partial charge in [0.25, 0.3) is 5.91 Å². The summed E-state index contributed by atoms with van der Waals surface area (Å²) in [6.07, 6.45) is 2.91. The molecule has 2 aliphatic rings. The standard InChI is InChI=1S/C21H27N3O3S2/c25-21(23-13-11-22(12-14-23)16-18-8-15-28-17-18)19-4-6-20(7-5-19)29(26,27)24-9-2-1-3-10-24/h4-8,15,17H,1-3,9-14,16H2. The van der Waals surface area contributed by atoms with E-state index in [1.54, 1.807) is 39.9 Å². The van der Waals surface area contributed by atoms with E-state index in [1.165, 1.54) is 5.56 Å². The molecule has 0 unspecified atom stereocenters. The molecule has 0 bridgehead atoms. The molecule has 0 N–H and O–H groups in total. The monoisotopic (exact) mass is 433 g/mol. The smallest absolute Gasteiger partial charge is 0.253 e. The van der Waals surface area contributed by atoms with E-state index in [0.717, 1.165) is 38.9 Å². The summed E-state index contributed by atoms with van der Waals surface area (Å²) in [7, 11) is -3.46. The van der Waals surface area contributed by atoms with Crippen LogP contribution < -0.4 is 0 Å². The first-order valence-corrected chi connectivity index (χ1v) is 12.6. The number of carbonyl (C=O) groups excluding carboxylic acids is 1. The van der Waals surface area contributed by atoms with E-state index >= 15 is 0 Å². The van der Waals surface area contributed by atoms with Crippen molar-refractivity contribution in [1.29, 1.82) is 0 Å². The fraction of sp³-hybridized carbons (Fsp3) is 0.476. The fourth-order valence-corrected chi connectivity index (χ4v) is 6.13. The molecular weight excluding hydrogens is 406 g/mol. The van der Waals surface area contributed by atoms with Crippen LogP contribution in [-0.2, 0) is 16.6 Å².